The Balaban J connectivity index is 2.35. The van der Waals surface area contributed by atoms with Crippen LogP contribution in [0.3, 0.4) is 0 Å². The SMILES string of the molecule is CC(O)(Cc1cc(F)ccc1Cl)c1cccc(C#N)c1. The predicted molar refractivity (Wildman–Crippen MR) is 75.8 cm³/mol. The van der Waals surface area contributed by atoms with Crippen molar-refractivity contribution in [1.82, 2.24) is 0 Å². The van der Waals surface area contributed by atoms with Crippen LogP contribution in [0, 0.1) is 17.1 Å². The molecule has 0 fully saturated rings. The molecule has 0 bridgehead atoms. The van der Waals surface area contributed by atoms with E-state index in [1.165, 1.54) is 18.2 Å². The average molecular weight is 290 g/mol. The normalized spacial score (nSPS) is 13.6. The number of hydrogen-bond donors (Lipinski definition) is 1. The summed E-state index contributed by atoms with van der Waals surface area (Å²) in [4.78, 5) is 0. The molecule has 0 aliphatic carbocycles. The molecule has 0 heterocycles. The summed E-state index contributed by atoms with van der Waals surface area (Å²) < 4.78 is 13.3. The molecule has 0 saturated carbocycles. The quantitative estimate of drug-likeness (QED) is 0.934. The van der Waals surface area contributed by atoms with Crippen LogP contribution in [0.2, 0.25) is 5.02 Å². The van der Waals surface area contributed by atoms with Crippen molar-refractivity contribution in [3.8, 4) is 6.07 Å². The van der Waals surface area contributed by atoms with E-state index >= 15 is 0 Å². The first-order valence-corrected chi connectivity index (χ1v) is 6.47. The highest BCUT2D eigenvalue weighted by Gasteiger charge is 2.25. The van der Waals surface area contributed by atoms with Crippen LogP contribution in [-0.2, 0) is 12.0 Å². The molecule has 4 heteroatoms. The zero-order valence-electron chi connectivity index (χ0n) is 10.9. The van der Waals surface area contributed by atoms with E-state index in [0.717, 1.165) is 0 Å². The lowest BCUT2D eigenvalue weighted by atomic mass is 9.88. The number of halogens is 2. The second kappa shape index (κ2) is 5.62. The van der Waals surface area contributed by atoms with Crippen LogP contribution in [0.1, 0.15) is 23.6 Å². The molecule has 0 aromatic heterocycles. The first-order valence-electron chi connectivity index (χ1n) is 6.09. The molecule has 1 N–H and O–H groups in total. The monoisotopic (exact) mass is 289 g/mol. The van der Waals surface area contributed by atoms with Crippen molar-refractivity contribution in [1.29, 1.82) is 5.26 Å². The summed E-state index contributed by atoms with van der Waals surface area (Å²) >= 11 is 6.02. The third-order valence-corrected chi connectivity index (χ3v) is 3.52. The van der Waals surface area contributed by atoms with Crippen molar-refractivity contribution in [2.24, 2.45) is 0 Å². The van der Waals surface area contributed by atoms with E-state index in [1.807, 2.05) is 6.07 Å². The van der Waals surface area contributed by atoms with Crippen LogP contribution in [0.25, 0.3) is 0 Å². The zero-order valence-corrected chi connectivity index (χ0v) is 11.7. The van der Waals surface area contributed by atoms with Gasteiger partial charge in [-0.2, -0.15) is 5.26 Å². The van der Waals surface area contributed by atoms with Crippen molar-refractivity contribution in [3.63, 3.8) is 0 Å². The van der Waals surface area contributed by atoms with E-state index in [-0.39, 0.29) is 6.42 Å². The fourth-order valence-corrected chi connectivity index (χ4v) is 2.26. The van der Waals surface area contributed by atoms with E-state index in [0.29, 0.717) is 21.7 Å². The van der Waals surface area contributed by atoms with Crippen molar-refractivity contribution < 1.29 is 9.50 Å². The Kier molecular flexibility index (Phi) is 4.08. The molecule has 0 spiro atoms. The highest BCUT2D eigenvalue weighted by atomic mass is 35.5. The fraction of sp³-hybridized carbons (Fsp3) is 0.188. The summed E-state index contributed by atoms with van der Waals surface area (Å²) in [6, 6.07) is 12.8. The first kappa shape index (κ1) is 14.5. The molecule has 2 rings (SSSR count). The van der Waals surface area contributed by atoms with Crippen LogP contribution in [0.15, 0.2) is 42.5 Å². The molecule has 2 aromatic rings. The van der Waals surface area contributed by atoms with E-state index in [9.17, 15) is 9.50 Å². The molecule has 0 radical (unpaired) electrons. The van der Waals surface area contributed by atoms with E-state index in [4.69, 9.17) is 16.9 Å². The molecule has 20 heavy (non-hydrogen) atoms. The predicted octanol–water partition coefficient (Wildman–Crippen LogP) is 3.80. The fourth-order valence-electron chi connectivity index (χ4n) is 2.08. The molecule has 0 aliphatic heterocycles. The molecule has 1 atom stereocenters. The summed E-state index contributed by atoms with van der Waals surface area (Å²) in [6.45, 7) is 1.62. The van der Waals surface area contributed by atoms with Crippen LogP contribution < -0.4 is 0 Å². The molecule has 0 aliphatic rings. The Morgan fingerprint density at radius 1 is 1.30 bits per heavy atom. The van der Waals surface area contributed by atoms with Crippen molar-refractivity contribution in [3.05, 3.63) is 70.0 Å². The number of nitrogens with zero attached hydrogens (tertiary/aromatic N) is 1. The van der Waals surface area contributed by atoms with Gasteiger partial charge in [0.2, 0.25) is 0 Å². The maximum absolute atomic E-state index is 13.3. The Morgan fingerprint density at radius 2 is 2.05 bits per heavy atom. The molecule has 2 aromatic carbocycles. The Labute approximate surface area is 122 Å². The minimum absolute atomic E-state index is 0.165. The zero-order chi connectivity index (χ0) is 14.8. The summed E-state index contributed by atoms with van der Waals surface area (Å²) in [7, 11) is 0. The van der Waals surface area contributed by atoms with Gasteiger partial charge < -0.3 is 5.11 Å². The number of benzene rings is 2. The van der Waals surface area contributed by atoms with E-state index in [2.05, 4.69) is 0 Å². The van der Waals surface area contributed by atoms with Gasteiger partial charge in [-0.25, -0.2) is 4.39 Å². The topological polar surface area (TPSA) is 44.0 Å². The summed E-state index contributed by atoms with van der Waals surface area (Å²) in [5.74, 6) is -0.397. The Morgan fingerprint density at radius 3 is 2.75 bits per heavy atom. The van der Waals surface area contributed by atoms with Crippen LogP contribution in [-0.4, -0.2) is 5.11 Å². The minimum atomic E-state index is -1.23. The Hall–Kier alpha value is -1.89. The van der Waals surface area contributed by atoms with Gasteiger partial charge in [0, 0.05) is 11.4 Å². The molecular weight excluding hydrogens is 277 g/mol. The van der Waals surface area contributed by atoms with Gasteiger partial charge in [0.25, 0.3) is 0 Å². The highest BCUT2D eigenvalue weighted by molar-refractivity contribution is 6.31. The largest absolute Gasteiger partial charge is 0.385 e. The maximum atomic E-state index is 13.3. The highest BCUT2D eigenvalue weighted by Crippen LogP contribution is 2.29. The van der Waals surface area contributed by atoms with Gasteiger partial charge in [0.15, 0.2) is 0 Å². The van der Waals surface area contributed by atoms with Gasteiger partial charge in [0.05, 0.1) is 17.2 Å². The summed E-state index contributed by atoms with van der Waals surface area (Å²) in [5.41, 5.74) is 0.355. The summed E-state index contributed by atoms with van der Waals surface area (Å²) in [5, 5.41) is 19.9. The molecular formula is C16H13ClFNO. The van der Waals surface area contributed by atoms with Crippen LogP contribution >= 0.6 is 11.6 Å². The molecule has 1 unspecified atom stereocenters. The Bertz CT molecular complexity index is 676. The van der Waals surface area contributed by atoms with Crippen molar-refractivity contribution in [2.45, 2.75) is 18.9 Å². The average Bonchev–Trinajstić information content (AvgIpc) is 2.43. The first-order chi connectivity index (χ1) is 9.42. The number of aliphatic hydroxyl groups is 1. The van der Waals surface area contributed by atoms with Crippen LogP contribution in [0.5, 0.6) is 0 Å². The molecule has 0 saturated heterocycles. The van der Waals surface area contributed by atoms with Crippen LogP contribution in [0.4, 0.5) is 4.39 Å². The molecule has 0 amide bonds. The lowest BCUT2D eigenvalue weighted by molar-refractivity contribution is 0.0575. The van der Waals surface area contributed by atoms with Crippen molar-refractivity contribution in [2.75, 3.05) is 0 Å². The van der Waals surface area contributed by atoms with Gasteiger partial charge in [-0.1, -0.05) is 23.7 Å². The number of hydrogen-bond acceptors (Lipinski definition) is 2. The van der Waals surface area contributed by atoms with Gasteiger partial charge in [0.1, 0.15) is 5.82 Å². The lowest BCUT2D eigenvalue weighted by Gasteiger charge is -2.24. The molecule has 102 valence electrons. The number of nitriles is 1. The second-order valence-electron chi connectivity index (χ2n) is 4.88. The third-order valence-electron chi connectivity index (χ3n) is 3.16. The maximum Gasteiger partial charge on any atom is 0.123 e. The third kappa shape index (κ3) is 3.16. The van der Waals surface area contributed by atoms with Gasteiger partial charge >= 0.3 is 0 Å². The van der Waals surface area contributed by atoms with Gasteiger partial charge in [-0.3, -0.25) is 0 Å². The summed E-state index contributed by atoms with van der Waals surface area (Å²) in [6.07, 6.45) is 0.165. The molecule has 2 nitrogen and oxygen atoms in total. The smallest absolute Gasteiger partial charge is 0.123 e. The standard InChI is InChI=1S/C16H13ClFNO/c1-16(20,13-4-2-3-11(7-13)10-19)9-12-8-14(18)5-6-15(12)17/h2-8,20H,9H2,1H3. The van der Waals surface area contributed by atoms with E-state index in [1.54, 1.807) is 31.2 Å². The van der Waals surface area contributed by atoms with E-state index < -0.39 is 11.4 Å². The second-order valence-corrected chi connectivity index (χ2v) is 5.29. The van der Waals surface area contributed by atoms with Gasteiger partial charge in [-0.05, 0) is 48.4 Å². The van der Waals surface area contributed by atoms with Crippen molar-refractivity contribution >= 4 is 11.6 Å². The minimum Gasteiger partial charge on any atom is -0.385 e. The van der Waals surface area contributed by atoms with Gasteiger partial charge in [-0.15, -0.1) is 0 Å². The number of rotatable bonds is 3. The lowest BCUT2D eigenvalue weighted by Crippen LogP contribution is -2.24.